The second-order valence-electron chi connectivity index (χ2n) is 5.27. The van der Waals surface area contributed by atoms with Gasteiger partial charge < -0.3 is 14.2 Å². The number of rotatable bonds is 8. The first-order valence-electron chi connectivity index (χ1n) is 8.01. The number of benzene rings is 1. The molecule has 0 bridgehead atoms. The van der Waals surface area contributed by atoms with E-state index in [0.717, 1.165) is 6.42 Å². The molecule has 0 aliphatic carbocycles. The van der Waals surface area contributed by atoms with E-state index in [9.17, 15) is 14.4 Å². The Bertz CT molecular complexity index is 822. The van der Waals surface area contributed by atoms with Crippen LogP contribution in [0.15, 0.2) is 34.1 Å². The SMILES string of the molecule is CCCOc1c(Br)cc(C(=O)OCC(=O)NC(=O)c2cccs2)cc1OC. The molecular formula is C18H18BrNO6S. The molecule has 1 heterocycles. The van der Waals surface area contributed by atoms with E-state index in [1.54, 1.807) is 17.5 Å². The monoisotopic (exact) mass is 455 g/mol. The zero-order valence-electron chi connectivity index (χ0n) is 14.7. The summed E-state index contributed by atoms with van der Waals surface area (Å²) < 4.78 is 16.3. The number of amides is 2. The number of carbonyl (C=O) groups excluding carboxylic acids is 3. The van der Waals surface area contributed by atoms with Gasteiger partial charge in [-0.3, -0.25) is 14.9 Å². The first kappa shape index (κ1) is 20.9. The van der Waals surface area contributed by atoms with Gasteiger partial charge in [-0.2, -0.15) is 0 Å². The van der Waals surface area contributed by atoms with Crippen LogP contribution in [0.5, 0.6) is 11.5 Å². The van der Waals surface area contributed by atoms with Gasteiger partial charge >= 0.3 is 5.97 Å². The number of imide groups is 1. The number of carbonyl (C=O) groups is 3. The fourth-order valence-corrected chi connectivity index (χ4v) is 3.20. The Morgan fingerprint density at radius 3 is 2.67 bits per heavy atom. The summed E-state index contributed by atoms with van der Waals surface area (Å²) in [5, 5.41) is 3.88. The smallest absolute Gasteiger partial charge is 0.338 e. The van der Waals surface area contributed by atoms with Gasteiger partial charge in [0.15, 0.2) is 18.1 Å². The average molecular weight is 456 g/mol. The molecule has 2 rings (SSSR count). The number of nitrogens with one attached hydrogen (secondary N) is 1. The number of thiophene rings is 1. The van der Waals surface area contributed by atoms with Crippen LogP contribution in [0, 0.1) is 0 Å². The van der Waals surface area contributed by atoms with Crippen LogP contribution in [0.2, 0.25) is 0 Å². The molecule has 2 amide bonds. The summed E-state index contributed by atoms with van der Waals surface area (Å²) in [5.41, 5.74) is 0.181. The highest BCUT2D eigenvalue weighted by Crippen LogP contribution is 2.37. The van der Waals surface area contributed by atoms with E-state index in [2.05, 4.69) is 21.2 Å². The molecule has 0 aliphatic heterocycles. The highest BCUT2D eigenvalue weighted by molar-refractivity contribution is 9.10. The van der Waals surface area contributed by atoms with Crippen molar-refractivity contribution in [3.05, 3.63) is 44.6 Å². The van der Waals surface area contributed by atoms with Crippen LogP contribution < -0.4 is 14.8 Å². The molecule has 7 nitrogen and oxygen atoms in total. The van der Waals surface area contributed by atoms with Crippen LogP contribution in [0.25, 0.3) is 0 Å². The number of halogens is 1. The second kappa shape index (κ2) is 10.1. The molecule has 1 N–H and O–H groups in total. The van der Waals surface area contributed by atoms with Gasteiger partial charge in [-0.05, 0) is 45.9 Å². The van der Waals surface area contributed by atoms with Crippen molar-refractivity contribution in [1.82, 2.24) is 5.32 Å². The Kier molecular flexibility index (Phi) is 7.81. The predicted molar refractivity (Wildman–Crippen MR) is 104 cm³/mol. The lowest BCUT2D eigenvalue weighted by Gasteiger charge is -2.13. The first-order valence-corrected chi connectivity index (χ1v) is 9.68. The Balaban J connectivity index is 1.98. The van der Waals surface area contributed by atoms with Crippen LogP contribution in [-0.2, 0) is 9.53 Å². The number of ether oxygens (including phenoxy) is 3. The molecule has 144 valence electrons. The van der Waals surface area contributed by atoms with Gasteiger partial charge in [-0.15, -0.1) is 11.3 Å². The Morgan fingerprint density at radius 2 is 2.04 bits per heavy atom. The lowest BCUT2D eigenvalue weighted by Crippen LogP contribution is -2.33. The van der Waals surface area contributed by atoms with Crippen molar-refractivity contribution in [1.29, 1.82) is 0 Å². The molecule has 9 heteroatoms. The molecule has 27 heavy (non-hydrogen) atoms. The molecule has 0 atom stereocenters. The lowest BCUT2D eigenvalue weighted by atomic mass is 10.2. The molecule has 2 aromatic rings. The highest BCUT2D eigenvalue weighted by Gasteiger charge is 2.18. The van der Waals surface area contributed by atoms with E-state index >= 15 is 0 Å². The molecular weight excluding hydrogens is 438 g/mol. The van der Waals surface area contributed by atoms with E-state index in [0.29, 0.717) is 27.5 Å². The zero-order chi connectivity index (χ0) is 19.8. The fraction of sp³-hybridized carbons (Fsp3) is 0.278. The van der Waals surface area contributed by atoms with Gasteiger partial charge in [0, 0.05) is 0 Å². The Morgan fingerprint density at radius 1 is 1.26 bits per heavy atom. The minimum Gasteiger partial charge on any atom is -0.493 e. The molecule has 0 unspecified atom stereocenters. The molecule has 0 aliphatic rings. The third-order valence-corrected chi connectivity index (χ3v) is 4.71. The van der Waals surface area contributed by atoms with Gasteiger partial charge in [-0.1, -0.05) is 13.0 Å². The van der Waals surface area contributed by atoms with Crippen molar-refractivity contribution in [3.8, 4) is 11.5 Å². The van der Waals surface area contributed by atoms with Crippen molar-refractivity contribution in [2.45, 2.75) is 13.3 Å². The van der Waals surface area contributed by atoms with Crippen LogP contribution in [0.4, 0.5) is 0 Å². The van der Waals surface area contributed by atoms with Crippen molar-refractivity contribution in [2.75, 3.05) is 20.3 Å². The third kappa shape index (κ3) is 5.80. The van der Waals surface area contributed by atoms with Gasteiger partial charge in [0.2, 0.25) is 0 Å². The average Bonchev–Trinajstić information content (AvgIpc) is 3.19. The normalized spacial score (nSPS) is 10.2. The van der Waals surface area contributed by atoms with Crippen LogP contribution >= 0.6 is 27.3 Å². The number of hydrogen-bond donors (Lipinski definition) is 1. The van der Waals surface area contributed by atoms with E-state index < -0.39 is 24.4 Å². The minimum absolute atomic E-state index is 0.181. The number of esters is 1. The maximum atomic E-state index is 12.2. The largest absolute Gasteiger partial charge is 0.493 e. The first-order chi connectivity index (χ1) is 13.0. The minimum atomic E-state index is -0.727. The van der Waals surface area contributed by atoms with Crippen LogP contribution in [-0.4, -0.2) is 38.1 Å². The van der Waals surface area contributed by atoms with Crippen molar-refractivity contribution >= 4 is 45.1 Å². The summed E-state index contributed by atoms with van der Waals surface area (Å²) in [4.78, 5) is 36.2. The second-order valence-corrected chi connectivity index (χ2v) is 7.07. The lowest BCUT2D eigenvalue weighted by molar-refractivity contribution is -0.123. The van der Waals surface area contributed by atoms with Crippen molar-refractivity contribution in [3.63, 3.8) is 0 Å². The van der Waals surface area contributed by atoms with Gasteiger partial charge in [0.25, 0.3) is 11.8 Å². The van der Waals surface area contributed by atoms with Gasteiger partial charge in [0.05, 0.1) is 28.6 Å². The molecule has 0 radical (unpaired) electrons. The van der Waals surface area contributed by atoms with Gasteiger partial charge in [-0.25, -0.2) is 4.79 Å². The quantitative estimate of drug-likeness (QED) is 0.613. The fourth-order valence-electron chi connectivity index (χ4n) is 2.03. The van der Waals surface area contributed by atoms with Gasteiger partial charge in [0.1, 0.15) is 0 Å². The highest BCUT2D eigenvalue weighted by atomic mass is 79.9. The summed E-state index contributed by atoms with van der Waals surface area (Å²) in [6.45, 7) is 1.89. The molecule has 0 saturated carbocycles. The van der Waals surface area contributed by atoms with E-state index in [1.807, 2.05) is 6.92 Å². The van der Waals surface area contributed by atoms with E-state index in [1.165, 1.54) is 30.6 Å². The summed E-state index contributed by atoms with van der Waals surface area (Å²) in [6.07, 6.45) is 0.818. The predicted octanol–water partition coefficient (Wildman–Crippen LogP) is 3.42. The third-order valence-electron chi connectivity index (χ3n) is 3.25. The molecule has 0 saturated heterocycles. The molecule has 1 aromatic heterocycles. The van der Waals surface area contributed by atoms with E-state index in [-0.39, 0.29) is 5.56 Å². The van der Waals surface area contributed by atoms with Crippen LogP contribution in [0.3, 0.4) is 0 Å². The van der Waals surface area contributed by atoms with Crippen molar-refractivity contribution < 1.29 is 28.6 Å². The summed E-state index contributed by atoms with van der Waals surface area (Å²) in [7, 11) is 1.46. The zero-order valence-corrected chi connectivity index (χ0v) is 17.1. The van der Waals surface area contributed by atoms with Crippen molar-refractivity contribution in [2.24, 2.45) is 0 Å². The maximum absolute atomic E-state index is 12.2. The molecule has 1 aromatic carbocycles. The molecule has 0 fully saturated rings. The molecule has 0 spiro atoms. The Hall–Kier alpha value is -2.39. The summed E-state index contributed by atoms with van der Waals surface area (Å²) in [5.74, 6) is -1.13. The number of hydrogen-bond acceptors (Lipinski definition) is 7. The number of methoxy groups -OCH3 is 1. The summed E-state index contributed by atoms with van der Waals surface area (Å²) in [6, 6.07) is 6.27. The standard InChI is InChI=1S/C18H18BrNO6S/c1-3-6-25-16-12(19)8-11(9-13(16)24-2)18(23)26-10-15(21)20-17(22)14-5-4-7-27-14/h4-5,7-9H,3,6,10H2,1-2H3,(H,20,21,22). The van der Waals surface area contributed by atoms with E-state index in [4.69, 9.17) is 14.2 Å². The Labute approximate surface area is 168 Å². The summed E-state index contributed by atoms with van der Waals surface area (Å²) >= 11 is 4.54. The van der Waals surface area contributed by atoms with Crippen LogP contribution in [0.1, 0.15) is 33.4 Å². The topological polar surface area (TPSA) is 90.9 Å². The maximum Gasteiger partial charge on any atom is 0.338 e.